The molecule has 2 rings (SSSR count). The standard InChI is InChI=1S/C12H13N3O3S/c1-7(16)10-9(11(17)18)14-12(19-10)15(6-2-5-13)8-3-4-8/h8H,2-4,6H2,1H3,(H,17,18). The molecule has 1 aromatic heterocycles. The first-order valence-electron chi connectivity index (χ1n) is 5.93. The predicted molar refractivity (Wildman–Crippen MR) is 69.7 cm³/mol. The molecule has 0 radical (unpaired) electrons. The number of hydrogen-bond donors (Lipinski definition) is 1. The third-order valence-corrected chi connectivity index (χ3v) is 4.03. The average Bonchev–Trinajstić information content (AvgIpc) is 3.07. The van der Waals surface area contributed by atoms with Crippen LogP contribution in [0.2, 0.25) is 0 Å². The van der Waals surface area contributed by atoms with E-state index < -0.39 is 5.97 Å². The molecular weight excluding hydrogens is 266 g/mol. The van der Waals surface area contributed by atoms with Crippen LogP contribution >= 0.6 is 11.3 Å². The zero-order chi connectivity index (χ0) is 14.0. The van der Waals surface area contributed by atoms with Gasteiger partial charge in [-0.05, 0) is 12.8 Å². The van der Waals surface area contributed by atoms with Gasteiger partial charge in [0.25, 0.3) is 0 Å². The highest BCUT2D eigenvalue weighted by molar-refractivity contribution is 7.17. The van der Waals surface area contributed by atoms with Gasteiger partial charge in [0.15, 0.2) is 16.6 Å². The first-order chi connectivity index (χ1) is 9.04. The summed E-state index contributed by atoms with van der Waals surface area (Å²) in [5.41, 5.74) is -0.185. The van der Waals surface area contributed by atoms with Crippen molar-refractivity contribution in [1.29, 1.82) is 5.26 Å². The summed E-state index contributed by atoms with van der Waals surface area (Å²) in [7, 11) is 0. The van der Waals surface area contributed by atoms with E-state index in [0.717, 1.165) is 24.2 Å². The topological polar surface area (TPSA) is 94.3 Å². The summed E-state index contributed by atoms with van der Waals surface area (Å²) < 4.78 is 0. The fourth-order valence-electron chi connectivity index (χ4n) is 1.81. The quantitative estimate of drug-likeness (QED) is 0.799. The Labute approximate surface area is 114 Å². The van der Waals surface area contributed by atoms with Gasteiger partial charge in [0, 0.05) is 19.5 Å². The summed E-state index contributed by atoms with van der Waals surface area (Å²) >= 11 is 1.10. The number of nitrogens with zero attached hydrogens (tertiary/aromatic N) is 3. The van der Waals surface area contributed by atoms with Gasteiger partial charge in [0.1, 0.15) is 4.88 Å². The van der Waals surface area contributed by atoms with Gasteiger partial charge in [-0.25, -0.2) is 9.78 Å². The Morgan fingerprint density at radius 2 is 2.26 bits per heavy atom. The van der Waals surface area contributed by atoms with Gasteiger partial charge >= 0.3 is 5.97 Å². The number of aromatic nitrogens is 1. The lowest BCUT2D eigenvalue weighted by atomic mass is 10.3. The summed E-state index contributed by atoms with van der Waals surface area (Å²) in [5, 5.41) is 18.2. The highest BCUT2D eigenvalue weighted by Gasteiger charge is 2.32. The Hall–Kier alpha value is -1.94. The first-order valence-corrected chi connectivity index (χ1v) is 6.75. The van der Waals surface area contributed by atoms with Crippen molar-refractivity contribution in [3.05, 3.63) is 10.6 Å². The molecule has 1 saturated carbocycles. The third-order valence-electron chi connectivity index (χ3n) is 2.84. The molecule has 0 spiro atoms. The lowest BCUT2D eigenvalue weighted by Gasteiger charge is -2.19. The van der Waals surface area contributed by atoms with Crippen LogP contribution in [0, 0.1) is 11.3 Å². The second kappa shape index (κ2) is 5.36. The summed E-state index contributed by atoms with van der Waals surface area (Å²) in [6.07, 6.45) is 2.39. The number of rotatable bonds is 6. The molecule has 1 aliphatic carbocycles. The Morgan fingerprint density at radius 3 is 2.68 bits per heavy atom. The first kappa shape index (κ1) is 13.5. The van der Waals surface area contributed by atoms with E-state index in [2.05, 4.69) is 11.1 Å². The largest absolute Gasteiger partial charge is 0.476 e. The van der Waals surface area contributed by atoms with Crippen LogP contribution in [-0.2, 0) is 0 Å². The fraction of sp³-hybridized carbons (Fsp3) is 0.500. The van der Waals surface area contributed by atoms with Gasteiger partial charge in [-0.15, -0.1) is 0 Å². The molecule has 1 N–H and O–H groups in total. The van der Waals surface area contributed by atoms with E-state index in [0.29, 0.717) is 24.1 Å². The Bertz CT molecular complexity index is 526. The highest BCUT2D eigenvalue weighted by Crippen LogP contribution is 2.35. The van der Waals surface area contributed by atoms with E-state index >= 15 is 0 Å². The number of aromatic carboxylic acids is 1. The minimum Gasteiger partial charge on any atom is -0.476 e. The van der Waals surface area contributed by atoms with Crippen LogP contribution in [0.4, 0.5) is 5.13 Å². The van der Waals surface area contributed by atoms with Gasteiger partial charge in [-0.3, -0.25) is 4.79 Å². The summed E-state index contributed by atoms with van der Waals surface area (Å²) in [5.74, 6) is -1.49. The monoisotopic (exact) mass is 279 g/mol. The molecule has 1 aliphatic rings. The maximum atomic E-state index is 11.4. The SMILES string of the molecule is CC(=O)c1sc(N(CCC#N)C2CC2)nc1C(=O)O. The number of carboxylic acids is 1. The molecule has 100 valence electrons. The molecular formula is C12H13N3O3S. The Balaban J connectivity index is 2.32. The van der Waals surface area contributed by atoms with Crippen LogP contribution in [0.1, 0.15) is 46.3 Å². The van der Waals surface area contributed by atoms with Crippen LogP contribution < -0.4 is 4.90 Å². The zero-order valence-corrected chi connectivity index (χ0v) is 11.2. The van der Waals surface area contributed by atoms with Gasteiger partial charge in [-0.1, -0.05) is 11.3 Å². The van der Waals surface area contributed by atoms with Crippen molar-refractivity contribution in [2.45, 2.75) is 32.2 Å². The summed E-state index contributed by atoms with van der Waals surface area (Å²) in [6.45, 7) is 1.85. The number of nitriles is 1. The summed E-state index contributed by atoms with van der Waals surface area (Å²) in [6, 6.07) is 2.39. The van der Waals surface area contributed by atoms with Crippen molar-refractivity contribution in [1.82, 2.24) is 4.98 Å². The molecule has 0 atom stereocenters. The second-order valence-corrected chi connectivity index (χ2v) is 5.35. The molecule has 1 aromatic rings. The zero-order valence-electron chi connectivity index (χ0n) is 10.4. The molecule has 6 nitrogen and oxygen atoms in total. The van der Waals surface area contributed by atoms with E-state index in [1.807, 2.05) is 4.90 Å². The number of anilines is 1. The normalized spacial score (nSPS) is 13.9. The van der Waals surface area contributed by atoms with Crippen LogP contribution in [0.25, 0.3) is 0 Å². The number of thiazole rings is 1. The number of hydrogen-bond acceptors (Lipinski definition) is 6. The Kier molecular flexibility index (Phi) is 3.81. The van der Waals surface area contributed by atoms with Gasteiger partial charge in [0.05, 0.1) is 12.5 Å². The Morgan fingerprint density at radius 1 is 1.58 bits per heavy atom. The van der Waals surface area contributed by atoms with Crippen LogP contribution in [0.5, 0.6) is 0 Å². The minimum atomic E-state index is -1.19. The van der Waals surface area contributed by atoms with Crippen molar-refractivity contribution in [3.8, 4) is 6.07 Å². The van der Waals surface area contributed by atoms with E-state index in [9.17, 15) is 9.59 Å². The molecule has 1 fully saturated rings. The number of carbonyl (C=O) groups is 2. The van der Waals surface area contributed by atoms with Gasteiger partial charge < -0.3 is 10.0 Å². The predicted octanol–water partition coefficient (Wildman–Crippen LogP) is 1.93. The van der Waals surface area contributed by atoms with E-state index in [4.69, 9.17) is 10.4 Å². The van der Waals surface area contributed by atoms with Crippen molar-refractivity contribution >= 4 is 28.2 Å². The highest BCUT2D eigenvalue weighted by atomic mass is 32.1. The van der Waals surface area contributed by atoms with Gasteiger partial charge in [0.2, 0.25) is 0 Å². The smallest absolute Gasteiger partial charge is 0.356 e. The van der Waals surface area contributed by atoms with Gasteiger partial charge in [-0.2, -0.15) is 5.26 Å². The molecule has 0 bridgehead atoms. The van der Waals surface area contributed by atoms with Crippen LogP contribution in [-0.4, -0.2) is 34.4 Å². The number of ketones is 1. The molecule has 0 aliphatic heterocycles. The molecule has 0 amide bonds. The average molecular weight is 279 g/mol. The maximum absolute atomic E-state index is 11.4. The molecule has 0 saturated heterocycles. The number of carboxylic acid groups (broad SMARTS) is 1. The molecule has 7 heteroatoms. The maximum Gasteiger partial charge on any atom is 0.356 e. The van der Waals surface area contributed by atoms with E-state index in [1.54, 1.807) is 0 Å². The van der Waals surface area contributed by atoms with Crippen molar-refractivity contribution in [2.24, 2.45) is 0 Å². The lowest BCUT2D eigenvalue weighted by molar-refractivity contribution is 0.0687. The minimum absolute atomic E-state index is 0.171. The van der Waals surface area contributed by atoms with E-state index in [-0.39, 0.29) is 16.4 Å². The van der Waals surface area contributed by atoms with Crippen LogP contribution in [0.3, 0.4) is 0 Å². The van der Waals surface area contributed by atoms with Crippen molar-refractivity contribution < 1.29 is 14.7 Å². The summed E-state index contributed by atoms with van der Waals surface area (Å²) in [4.78, 5) is 28.7. The second-order valence-electron chi connectivity index (χ2n) is 4.37. The van der Waals surface area contributed by atoms with Crippen molar-refractivity contribution in [2.75, 3.05) is 11.4 Å². The molecule has 19 heavy (non-hydrogen) atoms. The van der Waals surface area contributed by atoms with Crippen molar-refractivity contribution in [3.63, 3.8) is 0 Å². The number of Topliss-reactive ketones (excluding diaryl/α,β-unsaturated/α-hetero) is 1. The third kappa shape index (κ3) is 2.90. The fourth-order valence-corrected chi connectivity index (χ4v) is 2.86. The molecule has 0 aromatic carbocycles. The van der Waals surface area contributed by atoms with Crippen LogP contribution in [0.15, 0.2) is 0 Å². The molecule has 0 unspecified atom stereocenters. The lowest BCUT2D eigenvalue weighted by Crippen LogP contribution is -2.26. The number of carbonyl (C=O) groups excluding carboxylic acids is 1. The van der Waals surface area contributed by atoms with E-state index in [1.165, 1.54) is 6.92 Å². The molecule has 1 heterocycles.